The van der Waals surface area contributed by atoms with Crippen LogP contribution in [0.1, 0.15) is 45.4 Å². The van der Waals surface area contributed by atoms with E-state index in [-0.39, 0.29) is 24.4 Å². The first kappa shape index (κ1) is 18.5. The number of rotatable bonds is 4. The van der Waals surface area contributed by atoms with Gasteiger partial charge < -0.3 is 20.9 Å². The Hall–Kier alpha value is -1.79. The number of likely N-dealkylation sites (N-methyl/N-ethyl adjacent to an activating group) is 1. The van der Waals surface area contributed by atoms with Crippen molar-refractivity contribution in [3.63, 3.8) is 0 Å². The van der Waals surface area contributed by atoms with E-state index in [4.69, 9.17) is 0 Å². The quantitative estimate of drug-likeness (QED) is 0.514. The van der Waals surface area contributed by atoms with Crippen LogP contribution in [-0.4, -0.2) is 61.9 Å². The SMILES string of the molecule is CC1CCCCC1NC(=NCC(=O)N(C)C)NC1CCC(=O)NC1. The Kier molecular flexibility index (Phi) is 6.87. The van der Waals surface area contributed by atoms with E-state index >= 15 is 0 Å². The second kappa shape index (κ2) is 8.89. The number of nitrogens with one attached hydrogen (secondary N) is 3. The smallest absolute Gasteiger partial charge is 0.243 e. The summed E-state index contributed by atoms with van der Waals surface area (Å²) in [6.45, 7) is 2.99. The van der Waals surface area contributed by atoms with Crippen molar-refractivity contribution in [2.24, 2.45) is 10.9 Å². The van der Waals surface area contributed by atoms with Crippen molar-refractivity contribution in [1.82, 2.24) is 20.9 Å². The summed E-state index contributed by atoms with van der Waals surface area (Å²) in [5.74, 6) is 1.36. The summed E-state index contributed by atoms with van der Waals surface area (Å²) in [6.07, 6.45) is 6.18. The molecule has 7 heteroatoms. The van der Waals surface area contributed by atoms with Gasteiger partial charge in [0.15, 0.2) is 5.96 Å². The van der Waals surface area contributed by atoms with Gasteiger partial charge in [-0.1, -0.05) is 19.8 Å². The van der Waals surface area contributed by atoms with E-state index < -0.39 is 0 Å². The highest BCUT2D eigenvalue weighted by Gasteiger charge is 2.24. The van der Waals surface area contributed by atoms with Crippen LogP contribution in [0.25, 0.3) is 0 Å². The van der Waals surface area contributed by atoms with Gasteiger partial charge in [-0.25, -0.2) is 4.99 Å². The van der Waals surface area contributed by atoms with Crippen molar-refractivity contribution in [2.45, 2.75) is 57.5 Å². The number of nitrogens with zero attached hydrogens (tertiary/aromatic N) is 2. The van der Waals surface area contributed by atoms with E-state index in [0.717, 1.165) is 12.8 Å². The second-order valence-electron chi connectivity index (χ2n) is 7.15. The molecule has 1 heterocycles. The number of amides is 2. The van der Waals surface area contributed by atoms with Crippen LogP contribution in [0.2, 0.25) is 0 Å². The highest BCUT2D eigenvalue weighted by atomic mass is 16.2. The summed E-state index contributed by atoms with van der Waals surface area (Å²) in [5.41, 5.74) is 0. The highest BCUT2D eigenvalue weighted by molar-refractivity contribution is 5.85. The van der Waals surface area contributed by atoms with Crippen molar-refractivity contribution in [3.8, 4) is 0 Å². The zero-order chi connectivity index (χ0) is 17.5. The van der Waals surface area contributed by atoms with Gasteiger partial charge in [-0.15, -0.1) is 0 Å². The van der Waals surface area contributed by atoms with Crippen molar-refractivity contribution in [1.29, 1.82) is 0 Å². The molecule has 2 amide bonds. The first-order chi connectivity index (χ1) is 11.5. The molecule has 1 saturated heterocycles. The van der Waals surface area contributed by atoms with Crippen LogP contribution >= 0.6 is 0 Å². The Morgan fingerprint density at radius 1 is 1.25 bits per heavy atom. The van der Waals surface area contributed by atoms with Crippen molar-refractivity contribution >= 4 is 17.8 Å². The van der Waals surface area contributed by atoms with Gasteiger partial charge in [0.1, 0.15) is 6.54 Å². The zero-order valence-electron chi connectivity index (χ0n) is 15.1. The molecule has 1 saturated carbocycles. The van der Waals surface area contributed by atoms with Crippen LogP contribution in [0.5, 0.6) is 0 Å². The van der Waals surface area contributed by atoms with E-state index in [2.05, 4.69) is 27.9 Å². The summed E-state index contributed by atoms with van der Waals surface area (Å²) < 4.78 is 0. The summed E-state index contributed by atoms with van der Waals surface area (Å²) >= 11 is 0. The summed E-state index contributed by atoms with van der Waals surface area (Å²) in [7, 11) is 3.47. The third kappa shape index (κ3) is 5.69. The molecular formula is C17H31N5O2. The number of guanidine groups is 1. The average molecular weight is 337 g/mol. The lowest BCUT2D eigenvalue weighted by Crippen LogP contribution is -2.54. The third-order valence-corrected chi connectivity index (χ3v) is 4.91. The fourth-order valence-electron chi connectivity index (χ4n) is 3.18. The molecule has 2 rings (SSSR count). The lowest BCUT2D eigenvalue weighted by atomic mass is 9.86. The molecule has 0 aromatic carbocycles. The largest absolute Gasteiger partial charge is 0.354 e. The van der Waals surface area contributed by atoms with E-state index in [1.54, 1.807) is 19.0 Å². The Morgan fingerprint density at radius 2 is 2.00 bits per heavy atom. The van der Waals surface area contributed by atoms with Crippen LogP contribution in [0.4, 0.5) is 0 Å². The van der Waals surface area contributed by atoms with Crippen molar-refractivity contribution in [3.05, 3.63) is 0 Å². The summed E-state index contributed by atoms with van der Waals surface area (Å²) in [6, 6.07) is 0.542. The van der Waals surface area contributed by atoms with E-state index in [0.29, 0.717) is 30.9 Å². The standard InChI is InChI=1S/C17H31N5O2/c1-12-6-4-5-7-14(12)21-17(19-11-16(24)22(2)3)20-13-8-9-15(23)18-10-13/h12-14H,4-11H2,1-3H3,(H,18,23)(H2,19,20,21). The molecule has 1 aliphatic heterocycles. The Morgan fingerprint density at radius 3 is 2.62 bits per heavy atom. The van der Waals surface area contributed by atoms with Gasteiger partial charge in [-0.3, -0.25) is 9.59 Å². The fourth-order valence-corrected chi connectivity index (χ4v) is 3.18. The normalized spacial score (nSPS) is 28.0. The van der Waals surface area contributed by atoms with Gasteiger partial charge in [0.25, 0.3) is 0 Å². The molecule has 3 N–H and O–H groups in total. The topological polar surface area (TPSA) is 85.8 Å². The molecule has 3 unspecified atom stereocenters. The summed E-state index contributed by atoms with van der Waals surface area (Å²) in [4.78, 5) is 29.2. The average Bonchev–Trinajstić information content (AvgIpc) is 2.56. The zero-order valence-corrected chi connectivity index (χ0v) is 15.1. The molecule has 0 aromatic heterocycles. The van der Waals surface area contributed by atoms with Gasteiger partial charge in [-0.2, -0.15) is 0 Å². The fraction of sp³-hybridized carbons (Fsp3) is 0.824. The number of carbonyl (C=O) groups is 2. The van der Waals surface area contributed by atoms with Crippen LogP contribution in [-0.2, 0) is 9.59 Å². The molecule has 3 atom stereocenters. The molecule has 0 spiro atoms. The molecular weight excluding hydrogens is 306 g/mol. The Bertz CT molecular complexity index is 468. The van der Waals surface area contributed by atoms with Crippen molar-refractivity contribution < 1.29 is 9.59 Å². The first-order valence-electron chi connectivity index (χ1n) is 9.00. The number of hydrogen-bond donors (Lipinski definition) is 3. The van der Waals surface area contributed by atoms with Gasteiger partial charge in [0.05, 0.1) is 0 Å². The molecule has 136 valence electrons. The second-order valence-corrected chi connectivity index (χ2v) is 7.15. The maximum atomic E-state index is 11.8. The molecule has 1 aliphatic carbocycles. The number of aliphatic imine (C=N–C) groups is 1. The van der Waals surface area contributed by atoms with Crippen molar-refractivity contribution in [2.75, 3.05) is 27.2 Å². The van der Waals surface area contributed by atoms with Gasteiger partial charge in [-0.05, 0) is 25.2 Å². The maximum Gasteiger partial charge on any atom is 0.243 e. The minimum Gasteiger partial charge on any atom is -0.354 e. The minimum absolute atomic E-state index is 0.0234. The van der Waals surface area contributed by atoms with Gasteiger partial charge in [0, 0.05) is 39.1 Å². The molecule has 7 nitrogen and oxygen atoms in total. The maximum absolute atomic E-state index is 11.8. The van der Waals surface area contributed by atoms with Gasteiger partial charge >= 0.3 is 0 Å². The predicted molar refractivity (Wildman–Crippen MR) is 94.7 cm³/mol. The Balaban J connectivity index is 1.98. The third-order valence-electron chi connectivity index (χ3n) is 4.91. The lowest BCUT2D eigenvalue weighted by molar-refractivity contribution is -0.127. The minimum atomic E-state index is -0.0234. The Labute approximate surface area is 144 Å². The lowest BCUT2D eigenvalue weighted by Gasteiger charge is -2.33. The molecule has 0 aromatic rings. The van der Waals surface area contributed by atoms with E-state index in [9.17, 15) is 9.59 Å². The number of carbonyl (C=O) groups excluding carboxylic acids is 2. The van der Waals surface area contributed by atoms with Crippen LogP contribution < -0.4 is 16.0 Å². The number of hydrogen-bond acceptors (Lipinski definition) is 3. The first-order valence-corrected chi connectivity index (χ1v) is 9.00. The molecule has 24 heavy (non-hydrogen) atoms. The molecule has 0 bridgehead atoms. The molecule has 0 radical (unpaired) electrons. The van der Waals surface area contributed by atoms with E-state index in [1.807, 2.05) is 0 Å². The van der Waals surface area contributed by atoms with Gasteiger partial charge in [0.2, 0.25) is 11.8 Å². The van der Waals surface area contributed by atoms with Crippen LogP contribution in [0.15, 0.2) is 4.99 Å². The number of piperidine rings is 1. The monoisotopic (exact) mass is 337 g/mol. The van der Waals surface area contributed by atoms with Crippen LogP contribution in [0, 0.1) is 5.92 Å². The highest BCUT2D eigenvalue weighted by Crippen LogP contribution is 2.23. The predicted octanol–water partition coefficient (Wildman–Crippen LogP) is 0.467. The summed E-state index contributed by atoms with van der Waals surface area (Å²) in [5, 5.41) is 9.78. The molecule has 2 fully saturated rings. The van der Waals surface area contributed by atoms with Crippen LogP contribution in [0.3, 0.4) is 0 Å². The van der Waals surface area contributed by atoms with E-state index in [1.165, 1.54) is 19.3 Å². The molecule has 2 aliphatic rings.